The predicted octanol–water partition coefficient (Wildman–Crippen LogP) is 0.364. The smallest absolute Gasteiger partial charge is 0.219 e. The molecule has 238 valence electrons. The van der Waals surface area contributed by atoms with E-state index < -0.39 is 5.41 Å². The van der Waals surface area contributed by atoms with E-state index in [0.29, 0.717) is 77.4 Å². The van der Waals surface area contributed by atoms with E-state index in [1.165, 1.54) is 0 Å². The largest absolute Gasteiger partial charge is 0.359 e. The summed E-state index contributed by atoms with van der Waals surface area (Å²) in [6, 6.07) is 0. The summed E-state index contributed by atoms with van der Waals surface area (Å²) in [5.41, 5.74) is 10.7. The van der Waals surface area contributed by atoms with E-state index in [1.54, 1.807) is 35.2 Å². The Labute approximate surface area is 254 Å². The molecule has 18 heteroatoms. The van der Waals surface area contributed by atoms with Crippen molar-refractivity contribution in [2.45, 2.75) is 77.4 Å². The van der Waals surface area contributed by atoms with Crippen molar-refractivity contribution in [3.05, 3.63) is 46.1 Å². The summed E-state index contributed by atoms with van der Waals surface area (Å²) in [5.74, 6) is -0.104. The highest BCUT2D eigenvalue weighted by molar-refractivity contribution is 5.76. The Morgan fingerprint density at radius 2 is 1.05 bits per heavy atom. The van der Waals surface area contributed by atoms with Crippen molar-refractivity contribution in [2.24, 2.45) is 10.5 Å². The first kappa shape index (κ1) is 33.6. The molecule has 0 radical (unpaired) electrons. The maximum Gasteiger partial charge on any atom is 0.219 e. The summed E-state index contributed by atoms with van der Waals surface area (Å²) in [6.07, 6.45) is 10.3. The van der Waals surface area contributed by atoms with Crippen LogP contribution >= 0.6 is 0 Å². The summed E-state index contributed by atoms with van der Waals surface area (Å²) in [4.78, 5) is 37.8. The predicted molar refractivity (Wildman–Crippen MR) is 158 cm³/mol. The van der Waals surface area contributed by atoms with Crippen LogP contribution in [-0.4, -0.2) is 90.4 Å². The van der Waals surface area contributed by atoms with E-state index in [2.05, 4.69) is 56.9 Å². The second kappa shape index (κ2) is 17.3. The Hall–Kier alpha value is -4.86. The summed E-state index contributed by atoms with van der Waals surface area (Å²) >= 11 is 0. The Kier molecular flexibility index (Phi) is 13.2. The first-order valence-corrected chi connectivity index (χ1v) is 14.6. The van der Waals surface area contributed by atoms with Crippen LogP contribution in [-0.2, 0) is 53.3 Å². The van der Waals surface area contributed by atoms with Gasteiger partial charge in [-0.1, -0.05) is 20.8 Å². The third-order valence-electron chi connectivity index (χ3n) is 7.07. The Bertz CT molecular complexity index is 1250. The van der Waals surface area contributed by atoms with Gasteiger partial charge in [0, 0.05) is 75.9 Å². The van der Waals surface area contributed by atoms with E-state index in [-0.39, 0.29) is 24.3 Å². The summed E-state index contributed by atoms with van der Waals surface area (Å²) in [6.45, 7) is 1.03. The lowest BCUT2D eigenvalue weighted by Gasteiger charge is -2.31. The zero-order chi connectivity index (χ0) is 31.8. The highest BCUT2D eigenvalue weighted by Gasteiger charge is 2.34. The molecule has 0 unspecified atom stereocenters. The molecule has 0 spiro atoms. The number of azide groups is 1. The summed E-state index contributed by atoms with van der Waals surface area (Å²) in [7, 11) is 4.81. The minimum Gasteiger partial charge on any atom is -0.359 e. The first-order valence-electron chi connectivity index (χ1n) is 14.6. The van der Waals surface area contributed by atoms with Gasteiger partial charge in [0.05, 0.1) is 36.7 Å². The van der Waals surface area contributed by atoms with Crippen molar-refractivity contribution in [1.29, 1.82) is 0 Å². The van der Waals surface area contributed by atoms with Crippen molar-refractivity contribution in [3.63, 3.8) is 0 Å². The SMILES string of the molecule is CNC(=O)CCCc1cn(CC(CN=[N+]=[N-])(Cn2cc(CCCC(=O)NC)nn2)Cn2cc(CCCC(=O)NC)nn2)nn1. The normalized spacial score (nSPS) is 11.2. The van der Waals surface area contributed by atoms with E-state index in [0.717, 1.165) is 17.1 Å². The van der Waals surface area contributed by atoms with Gasteiger partial charge in [0.2, 0.25) is 17.7 Å². The number of hydrogen-bond acceptors (Lipinski definition) is 10. The fourth-order valence-electron chi connectivity index (χ4n) is 4.77. The quantitative estimate of drug-likeness (QED) is 0.0909. The summed E-state index contributed by atoms with van der Waals surface area (Å²) < 4.78 is 5.10. The van der Waals surface area contributed by atoms with Crippen LogP contribution in [0.25, 0.3) is 10.4 Å². The Morgan fingerprint density at radius 1 is 0.705 bits per heavy atom. The van der Waals surface area contributed by atoms with Gasteiger partial charge >= 0.3 is 0 Å². The zero-order valence-corrected chi connectivity index (χ0v) is 25.5. The van der Waals surface area contributed by atoms with Crippen molar-refractivity contribution >= 4 is 17.7 Å². The van der Waals surface area contributed by atoms with E-state index in [1.807, 2.05) is 18.6 Å². The third-order valence-corrected chi connectivity index (χ3v) is 7.07. The van der Waals surface area contributed by atoms with Crippen LogP contribution in [0.3, 0.4) is 0 Å². The molecule has 3 rings (SSSR count). The lowest BCUT2D eigenvalue weighted by atomic mass is 9.87. The maximum absolute atomic E-state index is 11.6. The minimum atomic E-state index is -0.764. The van der Waals surface area contributed by atoms with Gasteiger partial charge in [-0.25, -0.2) is 0 Å². The lowest BCUT2D eigenvalue weighted by molar-refractivity contribution is -0.121. The van der Waals surface area contributed by atoms with Gasteiger partial charge in [-0.15, -0.1) is 15.3 Å². The molecule has 18 nitrogen and oxygen atoms in total. The molecule has 3 heterocycles. The monoisotopic (exact) mass is 611 g/mol. The highest BCUT2D eigenvalue weighted by atomic mass is 16.2. The Balaban J connectivity index is 1.82. The number of aromatic nitrogens is 9. The van der Waals surface area contributed by atoms with Crippen molar-refractivity contribution in [1.82, 2.24) is 60.9 Å². The van der Waals surface area contributed by atoms with Gasteiger partial charge in [0.1, 0.15) is 0 Å². The number of carbonyl (C=O) groups excluding carboxylic acids is 3. The molecule has 0 saturated heterocycles. The van der Waals surface area contributed by atoms with E-state index in [9.17, 15) is 19.9 Å². The van der Waals surface area contributed by atoms with Crippen LogP contribution in [0.5, 0.6) is 0 Å². The molecule has 0 aliphatic carbocycles. The van der Waals surface area contributed by atoms with Gasteiger partial charge in [-0.05, 0) is 44.1 Å². The molecular formula is C26H41N15O3. The van der Waals surface area contributed by atoms with Gasteiger partial charge in [0.15, 0.2) is 0 Å². The van der Waals surface area contributed by atoms with Crippen LogP contribution in [0.1, 0.15) is 55.6 Å². The third kappa shape index (κ3) is 11.1. The Morgan fingerprint density at radius 3 is 1.34 bits per heavy atom. The molecule has 0 aliphatic heterocycles. The molecule has 3 amide bonds. The zero-order valence-electron chi connectivity index (χ0n) is 25.5. The maximum atomic E-state index is 11.6. The minimum absolute atomic E-state index is 0.0348. The topological polar surface area (TPSA) is 228 Å². The fourth-order valence-corrected chi connectivity index (χ4v) is 4.77. The molecule has 3 aromatic rings. The van der Waals surface area contributed by atoms with Gasteiger partial charge < -0.3 is 16.0 Å². The molecule has 0 aromatic carbocycles. The lowest BCUT2D eigenvalue weighted by Crippen LogP contribution is -2.39. The molecule has 3 aromatic heterocycles. The van der Waals surface area contributed by atoms with Crippen LogP contribution in [0, 0.1) is 5.41 Å². The number of hydrogen-bond donors (Lipinski definition) is 3. The van der Waals surface area contributed by atoms with E-state index >= 15 is 0 Å². The van der Waals surface area contributed by atoms with Crippen molar-refractivity contribution in [3.8, 4) is 0 Å². The van der Waals surface area contributed by atoms with Crippen molar-refractivity contribution < 1.29 is 14.4 Å². The van der Waals surface area contributed by atoms with E-state index in [4.69, 9.17) is 0 Å². The molecule has 0 bridgehead atoms. The van der Waals surface area contributed by atoms with Crippen LogP contribution in [0.4, 0.5) is 0 Å². The molecule has 0 fully saturated rings. The number of rotatable bonds is 20. The second-order valence-corrected chi connectivity index (χ2v) is 10.7. The number of amides is 3. The molecule has 44 heavy (non-hydrogen) atoms. The molecule has 0 atom stereocenters. The molecule has 0 aliphatic rings. The standard InChI is InChI=1S/C26H41N15O3/c1-28-23(42)10-4-7-20-13-39(36-32-20)17-26(16-31-35-27,18-40-14-21(33-37-40)8-5-11-24(43)29-2)19-41-15-22(34-38-41)9-6-12-25(44)30-3/h13-15H,4-12,16-19H2,1-3H3,(H,28,42)(H,29,43)(H,30,44). The van der Waals surface area contributed by atoms with Crippen LogP contribution < -0.4 is 16.0 Å². The van der Waals surface area contributed by atoms with Crippen molar-refractivity contribution in [2.75, 3.05) is 27.7 Å². The van der Waals surface area contributed by atoms with Gasteiger partial charge in [-0.2, -0.15) is 0 Å². The second-order valence-electron chi connectivity index (χ2n) is 10.7. The average molecular weight is 612 g/mol. The number of nitrogens with one attached hydrogen (secondary N) is 3. The summed E-state index contributed by atoms with van der Waals surface area (Å²) in [5, 5.41) is 37.6. The van der Waals surface area contributed by atoms with Gasteiger partial charge in [-0.3, -0.25) is 28.4 Å². The highest BCUT2D eigenvalue weighted by Crippen LogP contribution is 2.27. The van der Waals surface area contributed by atoms with Crippen LogP contribution in [0.2, 0.25) is 0 Å². The molecular weight excluding hydrogens is 570 g/mol. The first-order chi connectivity index (χ1) is 21.3. The number of carbonyl (C=O) groups is 3. The molecule has 0 saturated carbocycles. The number of nitrogens with zero attached hydrogens (tertiary/aromatic N) is 12. The van der Waals surface area contributed by atoms with Gasteiger partial charge in [0.25, 0.3) is 0 Å². The number of aryl methyl sites for hydroxylation is 3. The molecule has 3 N–H and O–H groups in total. The average Bonchev–Trinajstić information content (AvgIpc) is 3.77. The fraction of sp³-hybridized carbons (Fsp3) is 0.654. The van der Waals surface area contributed by atoms with Crippen LogP contribution in [0.15, 0.2) is 23.7 Å².